The number of anilines is 1. The second-order valence-electron chi connectivity index (χ2n) is 3.52. The number of aromatic nitrogens is 2. The maximum absolute atomic E-state index is 12.9. The summed E-state index contributed by atoms with van der Waals surface area (Å²) >= 11 is 1.82. The zero-order valence-electron chi connectivity index (χ0n) is 9.09. The molecule has 16 heavy (non-hydrogen) atoms. The lowest BCUT2D eigenvalue weighted by atomic mass is 10.3. The SMILES string of the molecule is CSCCCNc1nc2ccc(F)cc2[nH]1. The molecule has 0 radical (unpaired) electrons. The summed E-state index contributed by atoms with van der Waals surface area (Å²) in [6, 6.07) is 4.55. The number of H-pyrrole nitrogens is 1. The van der Waals surface area contributed by atoms with Gasteiger partial charge in [0, 0.05) is 6.54 Å². The van der Waals surface area contributed by atoms with Crippen molar-refractivity contribution >= 4 is 28.7 Å². The van der Waals surface area contributed by atoms with Crippen LogP contribution in [-0.2, 0) is 0 Å². The highest BCUT2D eigenvalue weighted by molar-refractivity contribution is 7.98. The third-order valence-corrected chi connectivity index (χ3v) is 2.96. The monoisotopic (exact) mass is 239 g/mol. The number of imidazole rings is 1. The highest BCUT2D eigenvalue weighted by Gasteiger charge is 2.02. The number of thioether (sulfide) groups is 1. The fourth-order valence-electron chi connectivity index (χ4n) is 1.49. The molecule has 0 fully saturated rings. The second kappa shape index (κ2) is 5.21. The summed E-state index contributed by atoms with van der Waals surface area (Å²) in [7, 11) is 0. The van der Waals surface area contributed by atoms with Crippen LogP contribution in [0.2, 0.25) is 0 Å². The van der Waals surface area contributed by atoms with Crippen LogP contribution in [0.25, 0.3) is 11.0 Å². The molecule has 0 aliphatic heterocycles. The standard InChI is InChI=1S/C11H14FN3S/c1-16-6-2-5-13-11-14-9-4-3-8(12)7-10(9)15-11/h3-4,7H,2,5-6H2,1H3,(H2,13,14,15). The lowest BCUT2D eigenvalue weighted by Crippen LogP contribution is -2.03. The normalized spacial score (nSPS) is 10.9. The molecule has 1 aromatic carbocycles. The number of halogens is 1. The van der Waals surface area contributed by atoms with Crippen molar-refractivity contribution in [2.45, 2.75) is 6.42 Å². The van der Waals surface area contributed by atoms with E-state index in [0.717, 1.165) is 29.8 Å². The summed E-state index contributed by atoms with van der Waals surface area (Å²) in [6.07, 6.45) is 3.18. The molecule has 2 aromatic rings. The number of fused-ring (bicyclic) bond motifs is 1. The van der Waals surface area contributed by atoms with E-state index in [0.29, 0.717) is 5.95 Å². The van der Waals surface area contributed by atoms with Crippen LogP contribution in [0.15, 0.2) is 18.2 Å². The predicted octanol–water partition coefficient (Wildman–Crippen LogP) is 2.87. The topological polar surface area (TPSA) is 40.7 Å². The minimum atomic E-state index is -0.245. The van der Waals surface area contributed by atoms with E-state index in [9.17, 15) is 4.39 Å². The summed E-state index contributed by atoms with van der Waals surface area (Å²) in [6.45, 7) is 0.878. The third kappa shape index (κ3) is 2.66. The maximum Gasteiger partial charge on any atom is 0.201 e. The van der Waals surface area contributed by atoms with Crippen molar-refractivity contribution in [2.24, 2.45) is 0 Å². The molecule has 3 nitrogen and oxygen atoms in total. The molecule has 5 heteroatoms. The zero-order valence-corrected chi connectivity index (χ0v) is 9.90. The van der Waals surface area contributed by atoms with E-state index >= 15 is 0 Å². The van der Waals surface area contributed by atoms with Crippen molar-refractivity contribution in [3.05, 3.63) is 24.0 Å². The van der Waals surface area contributed by atoms with Crippen LogP contribution in [0.3, 0.4) is 0 Å². The molecule has 0 saturated carbocycles. The van der Waals surface area contributed by atoms with E-state index in [-0.39, 0.29) is 5.82 Å². The molecular weight excluding hydrogens is 225 g/mol. The van der Waals surface area contributed by atoms with E-state index in [4.69, 9.17) is 0 Å². The van der Waals surface area contributed by atoms with Gasteiger partial charge in [-0.15, -0.1) is 0 Å². The van der Waals surface area contributed by atoms with E-state index in [1.54, 1.807) is 6.07 Å². The Hall–Kier alpha value is -1.23. The first kappa shape index (κ1) is 11.3. The fourth-order valence-corrected chi connectivity index (χ4v) is 1.92. The molecule has 1 aromatic heterocycles. The van der Waals surface area contributed by atoms with Gasteiger partial charge in [-0.2, -0.15) is 11.8 Å². The van der Waals surface area contributed by atoms with Gasteiger partial charge in [0.15, 0.2) is 0 Å². The van der Waals surface area contributed by atoms with E-state index in [1.165, 1.54) is 12.1 Å². The quantitative estimate of drug-likeness (QED) is 0.788. The van der Waals surface area contributed by atoms with E-state index in [1.807, 2.05) is 11.8 Å². The smallest absolute Gasteiger partial charge is 0.201 e. The summed E-state index contributed by atoms with van der Waals surface area (Å²) < 4.78 is 12.9. The Kier molecular flexibility index (Phi) is 3.66. The first-order chi connectivity index (χ1) is 7.79. The molecule has 0 aliphatic rings. The molecule has 1 heterocycles. The molecule has 2 rings (SSSR count). The van der Waals surface area contributed by atoms with Gasteiger partial charge in [-0.3, -0.25) is 0 Å². The number of aromatic amines is 1. The van der Waals surface area contributed by atoms with Crippen LogP contribution < -0.4 is 5.32 Å². The van der Waals surface area contributed by atoms with Crippen LogP contribution in [0, 0.1) is 5.82 Å². The predicted molar refractivity (Wildman–Crippen MR) is 67.5 cm³/mol. The highest BCUT2D eigenvalue weighted by Crippen LogP contribution is 2.15. The minimum Gasteiger partial charge on any atom is -0.356 e. The van der Waals surface area contributed by atoms with Gasteiger partial charge in [0.25, 0.3) is 0 Å². The zero-order chi connectivity index (χ0) is 11.4. The van der Waals surface area contributed by atoms with Gasteiger partial charge < -0.3 is 10.3 Å². The number of nitrogens with one attached hydrogen (secondary N) is 2. The van der Waals surface area contributed by atoms with Crippen molar-refractivity contribution in [3.8, 4) is 0 Å². The van der Waals surface area contributed by atoms with Crippen molar-refractivity contribution < 1.29 is 4.39 Å². The molecule has 0 aliphatic carbocycles. The Bertz CT molecular complexity index is 469. The number of benzene rings is 1. The summed E-state index contributed by atoms with van der Waals surface area (Å²) in [4.78, 5) is 7.36. The van der Waals surface area contributed by atoms with Gasteiger partial charge in [0.1, 0.15) is 5.82 Å². The Morgan fingerprint density at radius 1 is 1.50 bits per heavy atom. The number of rotatable bonds is 5. The molecule has 86 valence electrons. The maximum atomic E-state index is 12.9. The molecule has 0 saturated heterocycles. The molecule has 0 spiro atoms. The van der Waals surface area contributed by atoms with Gasteiger partial charge >= 0.3 is 0 Å². The molecule has 0 atom stereocenters. The lowest BCUT2D eigenvalue weighted by molar-refractivity contribution is 0.629. The van der Waals surface area contributed by atoms with Gasteiger partial charge in [-0.1, -0.05) is 0 Å². The first-order valence-corrected chi connectivity index (χ1v) is 6.57. The minimum absolute atomic E-state index is 0.245. The van der Waals surface area contributed by atoms with E-state index in [2.05, 4.69) is 21.5 Å². The first-order valence-electron chi connectivity index (χ1n) is 5.17. The molecule has 0 bridgehead atoms. The summed E-state index contributed by atoms with van der Waals surface area (Å²) in [5, 5.41) is 3.19. The van der Waals surface area contributed by atoms with Crippen molar-refractivity contribution in [3.63, 3.8) is 0 Å². The summed E-state index contributed by atoms with van der Waals surface area (Å²) in [5.41, 5.74) is 1.51. The number of hydrogen-bond donors (Lipinski definition) is 2. The van der Waals surface area contributed by atoms with Crippen molar-refractivity contribution in [2.75, 3.05) is 23.9 Å². The Balaban J connectivity index is 2.02. The average molecular weight is 239 g/mol. The lowest BCUT2D eigenvalue weighted by Gasteiger charge is -2.00. The Labute approximate surface area is 97.8 Å². The molecule has 0 unspecified atom stereocenters. The van der Waals surface area contributed by atoms with Crippen molar-refractivity contribution in [1.29, 1.82) is 0 Å². The van der Waals surface area contributed by atoms with Gasteiger partial charge in [-0.25, -0.2) is 9.37 Å². The van der Waals surface area contributed by atoms with Crippen LogP contribution in [0.4, 0.5) is 10.3 Å². The largest absolute Gasteiger partial charge is 0.356 e. The molecule has 0 amide bonds. The van der Waals surface area contributed by atoms with Gasteiger partial charge in [0.2, 0.25) is 5.95 Å². The number of nitrogens with zero attached hydrogens (tertiary/aromatic N) is 1. The fraction of sp³-hybridized carbons (Fsp3) is 0.364. The van der Waals surface area contributed by atoms with Gasteiger partial charge in [0.05, 0.1) is 11.0 Å². The Morgan fingerprint density at radius 3 is 3.19 bits per heavy atom. The Morgan fingerprint density at radius 2 is 2.38 bits per heavy atom. The second-order valence-corrected chi connectivity index (χ2v) is 4.51. The van der Waals surface area contributed by atoms with Crippen LogP contribution in [-0.4, -0.2) is 28.5 Å². The molecular formula is C11H14FN3S. The van der Waals surface area contributed by atoms with Crippen LogP contribution >= 0.6 is 11.8 Å². The van der Waals surface area contributed by atoms with Crippen molar-refractivity contribution in [1.82, 2.24) is 9.97 Å². The molecule has 2 N–H and O–H groups in total. The van der Waals surface area contributed by atoms with Crippen LogP contribution in [0.5, 0.6) is 0 Å². The van der Waals surface area contributed by atoms with Crippen LogP contribution in [0.1, 0.15) is 6.42 Å². The third-order valence-electron chi connectivity index (χ3n) is 2.26. The average Bonchev–Trinajstić information content (AvgIpc) is 2.66. The highest BCUT2D eigenvalue weighted by atomic mass is 32.2. The number of hydrogen-bond acceptors (Lipinski definition) is 3. The van der Waals surface area contributed by atoms with E-state index < -0.39 is 0 Å². The van der Waals surface area contributed by atoms with Gasteiger partial charge in [-0.05, 0) is 36.6 Å². The summed E-state index contributed by atoms with van der Waals surface area (Å²) in [5.74, 6) is 1.59.